The van der Waals surface area contributed by atoms with Crippen molar-refractivity contribution in [1.82, 2.24) is 0 Å². The summed E-state index contributed by atoms with van der Waals surface area (Å²) in [7, 11) is 0. The number of carbonyl (C=O) groups is 1. The molecule has 0 aliphatic rings. The van der Waals surface area contributed by atoms with Crippen LogP contribution < -0.4 is 0 Å². The molecule has 0 saturated carbocycles. The van der Waals surface area contributed by atoms with Gasteiger partial charge in [0.05, 0.1) is 22.5 Å². The van der Waals surface area contributed by atoms with E-state index in [1.165, 1.54) is 6.07 Å². The summed E-state index contributed by atoms with van der Waals surface area (Å²) in [5.41, 5.74) is -0.658. The van der Waals surface area contributed by atoms with Gasteiger partial charge in [-0.15, -0.1) is 0 Å². The summed E-state index contributed by atoms with van der Waals surface area (Å²) in [5, 5.41) is 29.4. The number of benzene rings is 1. The molecule has 96 valence electrons. The van der Waals surface area contributed by atoms with Gasteiger partial charge in [-0.1, -0.05) is 0 Å². The Morgan fingerprint density at radius 1 is 1.28 bits per heavy atom. The van der Waals surface area contributed by atoms with E-state index in [9.17, 15) is 25.0 Å². The number of ether oxygens (including phenoxy) is 1. The zero-order valence-electron chi connectivity index (χ0n) is 8.94. The standard InChI is InChI=1S/C9H8N2O7/c12-9(13)18-4-3-6-1-2-7(10(14)15)5-8(6)11(16)17/h1-2,5H,3-4H2,(H,12,13). The molecule has 1 aromatic carbocycles. The smallest absolute Gasteiger partial charge is 0.450 e. The fraction of sp³-hybridized carbons (Fsp3) is 0.222. The highest BCUT2D eigenvalue weighted by Crippen LogP contribution is 2.24. The summed E-state index contributed by atoms with van der Waals surface area (Å²) in [5.74, 6) is 0. The van der Waals surface area contributed by atoms with Gasteiger partial charge in [-0.25, -0.2) is 4.79 Å². The predicted octanol–water partition coefficient (Wildman–Crippen LogP) is 1.74. The first kappa shape index (κ1) is 13.4. The summed E-state index contributed by atoms with van der Waals surface area (Å²) in [6.07, 6.45) is -1.51. The largest absolute Gasteiger partial charge is 0.505 e. The number of carboxylic acid groups (broad SMARTS) is 1. The first-order valence-corrected chi connectivity index (χ1v) is 4.69. The lowest BCUT2D eigenvalue weighted by atomic mass is 10.1. The molecule has 0 aromatic heterocycles. The molecule has 0 aliphatic carbocycles. The molecule has 0 fully saturated rings. The Hall–Kier alpha value is -2.71. The molecule has 1 N–H and O–H groups in total. The van der Waals surface area contributed by atoms with Gasteiger partial charge in [-0.3, -0.25) is 20.2 Å². The monoisotopic (exact) mass is 256 g/mol. The summed E-state index contributed by atoms with van der Waals surface area (Å²) >= 11 is 0. The highest BCUT2D eigenvalue weighted by molar-refractivity contribution is 5.57. The minimum atomic E-state index is -1.49. The molecule has 0 aliphatic heterocycles. The molecule has 1 rings (SSSR count). The van der Waals surface area contributed by atoms with Crippen molar-refractivity contribution in [2.24, 2.45) is 0 Å². The number of hydrogen-bond donors (Lipinski definition) is 1. The van der Waals surface area contributed by atoms with Gasteiger partial charge in [-0.2, -0.15) is 0 Å². The van der Waals surface area contributed by atoms with Crippen molar-refractivity contribution >= 4 is 17.5 Å². The summed E-state index contributed by atoms with van der Waals surface area (Å²) in [6.45, 7) is -0.256. The third-order valence-electron chi connectivity index (χ3n) is 2.07. The normalized spacial score (nSPS) is 9.78. The van der Waals surface area contributed by atoms with Crippen molar-refractivity contribution in [3.8, 4) is 0 Å². The molecule has 0 unspecified atom stereocenters. The number of nitro benzene ring substituents is 2. The lowest BCUT2D eigenvalue weighted by molar-refractivity contribution is -0.394. The molecule has 18 heavy (non-hydrogen) atoms. The minimum absolute atomic E-state index is 0.0272. The van der Waals surface area contributed by atoms with Crippen LogP contribution >= 0.6 is 0 Å². The van der Waals surface area contributed by atoms with E-state index in [0.717, 1.165) is 12.1 Å². The van der Waals surface area contributed by atoms with Crippen LogP contribution in [0.25, 0.3) is 0 Å². The molecule has 0 bridgehead atoms. The SMILES string of the molecule is O=C(O)OCCc1ccc([N+](=O)[O-])cc1[N+](=O)[O-]. The van der Waals surface area contributed by atoms with Crippen LogP contribution in [-0.2, 0) is 11.2 Å². The highest BCUT2D eigenvalue weighted by Gasteiger charge is 2.19. The molecule has 9 nitrogen and oxygen atoms in total. The van der Waals surface area contributed by atoms with Crippen LogP contribution in [0.4, 0.5) is 16.2 Å². The van der Waals surface area contributed by atoms with Crippen molar-refractivity contribution in [2.45, 2.75) is 6.42 Å². The van der Waals surface area contributed by atoms with Crippen molar-refractivity contribution < 1.29 is 24.5 Å². The van der Waals surface area contributed by atoms with E-state index in [4.69, 9.17) is 5.11 Å². The first-order valence-electron chi connectivity index (χ1n) is 4.69. The summed E-state index contributed by atoms with van der Waals surface area (Å²) < 4.78 is 4.22. The maximum Gasteiger partial charge on any atom is 0.505 e. The Labute approximate surface area is 99.9 Å². The van der Waals surface area contributed by atoms with Gasteiger partial charge < -0.3 is 9.84 Å². The third-order valence-corrected chi connectivity index (χ3v) is 2.07. The van der Waals surface area contributed by atoms with E-state index >= 15 is 0 Å². The van der Waals surface area contributed by atoms with Crippen LogP contribution in [0.1, 0.15) is 5.56 Å². The fourth-order valence-corrected chi connectivity index (χ4v) is 1.30. The van der Waals surface area contributed by atoms with E-state index < -0.39 is 27.4 Å². The number of nitrogens with zero attached hydrogens (tertiary/aromatic N) is 2. The Morgan fingerprint density at radius 2 is 1.94 bits per heavy atom. The lowest BCUT2D eigenvalue weighted by Gasteiger charge is -2.02. The molecule has 0 amide bonds. The fourth-order valence-electron chi connectivity index (χ4n) is 1.30. The van der Waals surface area contributed by atoms with Gasteiger partial charge in [0.15, 0.2) is 0 Å². The second-order valence-electron chi connectivity index (χ2n) is 3.19. The maximum atomic E-state index is 10.7. The van der Waals surface area contributed by atoms with Gasteiger partial charge >= 0.3 is 6.16 Å². The average molecular weight is 256 g/mol. The average Bonchev–Trinajstić information content (AvgIpc) is 2.28. The lowest BCUT2D eigenvalue weighted by Crippen LogP contribution is -2.06. The quantitative estimate of drug-likeness (QED) is 0.481. The van der Waals surface area contributed by atoms with Crippen molar-refractivity contribution in [3.05, 3.63) is 44.0 Å². The number of non-ortho nitro benzene ring substituents is 1. The van der Waals surface area contributed by atoms with E-state index in [0.29, 0.717) is 0 Å². The topological polar surface area (TPSA) is 133 Å². The van der Waals surface area contributed by atoms with E-state index in [1.54, 1.807) is 0 Å². The predicted molar refractivity (Wildman–Crippen MR) is 57.4 cm³/mol. The Balaban J connectivity index is 2.93. The van der Waals surface area contributed by atoms with Crippen LogP contribution in [-0.4, -0.2) is 27.7 Å². The molecule has 0 heterocycles. The van der Waals surface area contributed by atoms with Gasteiger partial charge in [0.1, 0.15) is 0 Å². The van der Waals surface area contributed by atoms with Crippen molar-refractivity contribution in [1.29, 1.82) is 0 Å². The Kier molecular flexibility index (Phi) is 4.13. The van der Waals surface area contributed by atoms with Crippen molar-refractivity contribution in [3.63, 3.8) is 0 Å². The number of hydrogen-bond acceptors (Lipinski definition) is 6. The van der Waals surface area contributed by atoms with Crippen LogP contribution in [0.5, 0.6) is 0 Å². The Morgan fingerprint density at radius 3 is 2.44 bits per heavy atom. The van der Waals surface area contributed by atoms with Gasteiger partial charge in [-0.05, 0) is 6.07 Å². The van der Waals surface area contributed by atoms with Gasteiger partial charge in [0, 0.05) is 18.1 Å². The molecule has 0 spiro atoms. The van der Waals surface area contributed by atoms with Gasteiger partial charge in [0.2, 0.25) is 0 Å². The molecule has 1 aromatic rings. The maximum absolute atomic E-state index is 10.7. The highest BCUT2D eigenvalue weighted by atomic mass is 16.7. The number of nitro groups is 2. The van der Waals surface area contributed by atoms with Crippen molar-refractivity contribution in [2.75, 3.05) is 6.61 Å². The molecular formula is C9H8N2O7. The van der Waals surface area contributed by atoms with E-state index in [-0.39, 0.29) is 18.6 Å². The second kappa shape index (κ2) is 5.57. The molecule has 9 heteroatoms. The van der Waals surface area contributed by atoms with Gasteiger partial charge in [0.25, 0.3) is 11.4 Å². The van der Waals surface area contributed by atoms with Crippen LogP contribution in [0.15, 0.2) is 18.2 Å². The van der Waals surface area contributed by atoms with E-state index in [2.05, 4.69) is 4.74 Å². The zero-order chi connectivity index (χ0) is 13.7. The first-order chi connectivity index (χ1) is 8.41. The number of rotatable bonds is 5. The van der Waals surface area contributed by atoms with E-state index in [1.807, 2.05) is 0 Å². The molecular weight excluding hydrogens is 248 g/mol. The second-order valence-corrected chi connectivity index (χ2v) is 3.19. The third kappa shape index (κ3) is 3.40. The zero-order valence-corrected chi connectivity index (χ0v) is 8.94. The van der Waals surface area contributed by atoms with Crippen LogP contribution in [0.2, 0.25) is 0 Å². The van der Waals surface area contributed by atoms with Crippen LogP contribution in [0.3, 0.4) is 0 Å². The van der Waals surface area contributed by atoms with Crippen LogP contribution in [0, 0.1) is 20.2 Å². The molecule has 0 saturated heterocycles. The summed E-state index contributed by atoms with van der Waals surface area (Å²) in [6, 6.07) is 3.15. The molecule has 0 atom stereocenters. The molecule has 0 radical (unpaired) electrons. The summed E-state index contributed by atoms with van der Waals surface area (Å²) in [4.78, 5) is 29.8. The minimum Gasteiger partial charge on any atom is -0.450 e. The Bertz CT molecular complexity index is 500.